The maximum Gasteiger partial charge on any atom is 0.224 e. The summed E-state index contributed by atoms with van der Waals surface area (Å²) in [5.74, 6) is -1.51. The Morgan fingerprint density at radius 3 is 2.44 bits per heavy atom. The highest BCUT2D eigenvalue weighted by atomic mass is 16.5. The molecule has 1 atom stereocenters. The van der Waals surface area contributed by atoms with Gasteiger partial charge in [0.05, 0.1) is 6.10 Å². The standard InChI is InChI=1S/C21H22O4/c1-5-15(4)25-21-18(17(22)12-14(3)20(21)24)19(23)13(2)11-16-9-7-6-8-10-16/h6-12,15H,5H2,1-4H3/b13-11+. The van der Waals surface area contributed by atoms with Gasteiger partial charge in [0, 0.05) is 5.57 Å². The molecule has 1 unspecified atom stereocenters. The minimum Gasteiger partial charge on any atom is -0.486 e. The molecule has 130 valence electrons. The molecule has 25 heavy (non-hydrogen) atoms. The number of ether oxygens (including phenoxy) is 1. The molecule has 0 bridgehead atoms. The van der Waals surface area contributed by atoms with Gasteiger partial charge in [-0.25, -0.2) is 0 Å². The first kappa shape index (κ1) is 18.6. The van der Waals surface area contributed by atoms with Crippen molar-refractivity contribution in [2.24, 2.45) is 0 Å². The summed E-state index contributed by atoms with van der Waals surface area (Å²) in [5, 5.41) is 0. The van der Waals surface area contributed by atoms with Crippen molar-refractivity contribution in [3.63, 3.8) is 0 Å². The normalized spacial score (nSPS) is 16.6. The predicted octanol–water partition coefficient (Wildman–Crippen LogP) is 3.83. The van der Waals surface area contributed by atoms with Gasteiger partial charge in [0.25, 0.3) is 0 Å². The van der Waals surface area contributed by atoms with E-state index in [2.05, 4.69) is 0 Å². The number of carbonyl (C=O) groups is 3. The van der Waals surface area contributed by atoms with Gasteiger partial charge < -0.3 is 4.74 Å². The second-order valence-corrected chi connectivity index (χ2v) is 6.13. The lowest BCUT2D eigenvalue weighted by Gasteiger charge is -2.20. The lowest BCUT2D eigenvalue weighted by molar-refractivity contribution is -0.122. The average Bonchev–Trinajstić information content (AvgIpc) is 2.59. The van der Waals surface area contributed by atoms with E-state index in [0.717, 1.165) is 5.56 Å². The zero-order chi connectivity index (χ0) is 18.6. The number of ketones is 3. The van der Waals surface area contributed by atoms with E-state index in [9.17, 15) is 14.4 Å². The molecular weight excluding hydrogens is 316 g/mol. The van der Waals surface area contributed by atoms with Crippen LogP contribution in [0.15, 0.2) is 58.9 Å². The van der Waals surface area contributed by atoms with Crippen molar-refractivity contribution < 1.29 is 19.1 Å². The summed E-state index contributed by atoms with van der Waals surface area (Å²) in [6, 6.07) is 9.33. The molecule has 1 aliphatic carbocycles. The summed E-state index contributed by atoms with van der Waals surface area (Å²) in [6.07, 6.45) is 3.29. The van der Waals surface area contributed by atoms with Crippen LogP contribution in [0.4, 0.5) is 0 Å². The van der Waals surface area contributed by atoms with Gasteiger partial charge in [0.15, 0.2) is 17.3 Å². The number of allylic oxidation sites excluding steroid dienone is 4. The molecule has 2 rings (SSSR count). The van der Waals surface area contributed by atoms with Gasteiger partial charge in [0.2, 0.25) is 5.78 Å². The summed E-state index contributed by atoms with van der Waals surface area (Å²) in [5.41, 5.74) is 1.32. The molecule has 0 aromatic heterocycles. The molecule has 0 fully saturated rings. The van der Waals surface area contributed by atoms with Crippen LogP contribution in [0.25, 0.3) is 6.08 Å². The first-order valence-corrected chi connectivity index (χ1v) is 8.31. The van der Waals surface area contributed by atoms with Gasteiger partial charge in [-0.1, -0.05) is 37.3 Å². The second kappa shape index (κ2) is 7.88. The summed E-state index contributed by atoms with van der Waals surface area (Å²) in [4.78, 5) is 37.7. The Kier molecular flexibility index (Phi) is 5.86. The van der Waals surface area contributed by atoms with Gasteiger partial charge >= 0.3 is 0 Å². The van der Waals surface area contributed by atoms with E-state index in [1.807, 2.05) is 37.3 Å². The summed E-state index contributed by atoms with van der Waals surface area (Å²) < 4.78 is 5.65. The van der Waals surface area contributed by atoms with Crippen LogP contribution in [0.2, 0.25) is 0 Å². The first-order chi connectivity index (χ1) is 11.8. The highest BCUT2D eigenvalue weighted by Gasteiger charge is 2.33. The van der Waals surface area contributed by atoms with E-state index in [4.69, 9.17) is 4.74 Å². The van der Waals surface area contributed by atoms with Crippen molar-refractivity contribution in [3.05, 3.63) is 64.4 Å². The van der Waals surface area contributed by atoms with Gasteiger partial charge in [0.1, 0.15) is 5.57 Å². The van der Waals surface area contributed by atoms with E-state index in [-0.39, 0.29) is 23.0 Å². The zero-order valence-corrected chi connectivity index (χ0v) is 15.0. The quantitative estimate of drug-likeness (QED) is 0.449. The van der Waals surface area contributed by atoms with Crippen molar-refractivity contribution in [2.45, 2.75) is 40.2 Å². The zero-order valence-electron chi connectivity index (χ0n) is 15.0. The molecule has 0 amide bonds. The third-order valence-electron chi connectivity index (χ3n) is 4.05. The van der Waals surface area contributed by atoms with E-state index >= 15 is 0 Å². The fraction of sp³-hybridized carbons (Fsp3) is 0.286. The van der Waals surface area contributed by atoms with Crippen LogP contribution in [0, 0.1) is 0 Å². The molecule has 0 aliphatic heterocycles. The van der Waals surface area contributed by atoms with Crippen molar-refractivity contribution >= 4 is 23.4 Å². The largest absolute Gasteiger partial charge is 0.486 e. The van der Waals surface area contributed by atoms with Crippen LogP contribution in [0.5, 0.6) is 0 Å². The molecule has 1 aromatic rings. The van der Waals surface area contributed by atoms with E-state index in [1.54, 1.807) is 26.8 Å². The van der Waals surface area contributed by atoms with Gasteiger partial charge in [-0.2, -0.15) is 0 Å². The summed E-state index contributed by atoms with van der Waals surface area (Å²) in [6.45, 7) is 6.89. The lowest BCUT2D eigenvalue weighted by Crippen LogP contribution is -2.27. The fourth-order valence-electron chi connectivity index (χ4n) is 2.41. The molecule has 4 heteroatoms. The molecule has 0 heterocycles. The average molecular weight is 338 g/mol. The Morgan fingerprint density at radius 2 is 1.84 bits per heavy atom. The SMILES string of the molecule is CCC(C)OC1=C(C(=O)/C(C)=C/c2ccccc2)C(=O)C=C(C)C1=O. The molecule has 0 N–H and O–H groups in total. The maximum absolute atomic E-state index is 12.8. The highest BCUT2D eigenvalue weighted by Crippen LogP contribution is 2.25. The fourth-order valence-corrected chi connectivity index (χ4v) is 2.41. The van der Waals surface area contributed by atoms with Crippen LogP contribution in [0.1, 0.15) is 39.7 Å². The van der Waals surface area contributed by atoms with Crippen LogP contribution in [-0.4, -0.2) is 23.5 Å². The third kappa shape index (κ3) is 4.21. The number of rotatable bonds is 6. The molecular formula is C21H22O4. The molecule has 4 nitrogen and oxygen atoms in total. The molecule has 0 saturated heterocycles. The minimum absolute atomic E-state index is 0.134. The molecule has 1 aliphatic rings. The number of hydrogen-bond acceptors (Lipinski definition) is 4. The third-order valence-corrected chi connectivity index (χ3v) is 4.05. The second-order valence-electron chi connectivity index (χ2n) is 6.13. The number of hydrogen-bond donors (Lipinski definition) is 0. The lowest BCUT2D eigenvalue weighted by atomic mass is 9.90. The molecule has 0 radical (unpaired) electrons. The minimum atomic E-state index is -0.485. The van der Waals surface area contributed by atoms with Gasteiger partial charge in [-0.05, 0) is 50.5 Å². The van der Waals surface area contributed by atoms with E-state index in [0.29, 0.717) is 12.0 Å². The Hall–Kier alpha value is -2.75. The smallest absolute Gasteiger partial charge is 0.224 e. The summed E-state index contributed by atoms with van der Waals surface area (Å²) in [7, 11) is 0. The Balaban J connectivity index is 2.46. The predicted molar refractivity (Wildman–Crippen MR) is 96.7 cm³/mol. The topological polar surface area (TPSA) is 60.4 Å². The van der Waals surface area contributed by atoms with Crippen molar-refractivity contribution in [2.75, 3.05) is 0 Å². The van der Waals surface area contributed by atoms with E-state index in [1.165, 1.54) is 6.08 Å². The first-order valence-electron chi connectivity index (χ1n) is 8.31. The van der Waals surface area contributed by atoms with Gasteiger partial charge in [-0.15, -0.1) is 0 Å². The van der Waals surface area contributed by atoms with Crippen LogP contribution >= 0.6 is 0 Å². The number of carbonyl (C=O) groups excluding carboxylic acids is 3. The summed E-state index contributed by atoms with van der Waals surface area (Å²) >= 11 is 0. The van der Waals surface area contributed by atoms with Crippen molar-refractivity contribution in [1.82, 2.24) is 0 Å². The molecule has 0 spiro atoms. The molecule has 1 aromatic carbocycles. The number of Topliss-reactive ketones (excluding diaryl/α,β-unsaturated/α-hetero) is 2. The van der Waals surface area contributed by atoms with Crippen LogP contribution < -0.4 is 0 Å². The van der Waals surface area contributed by atoms with E-state index < -0.39 is 17.3 Å². The van der Waals surface area contributed by atoms with Crippen LogP contribution in [-0.2, 0) is 19.1 Å². The number of benzene rings is 1. The Bertz CT molecular complexity index is 794. The Morgan fingerprint density at radius 1 is 1.20 bits per heavy atom. The maximum atomic E-state index is 12.8. The molecule has 0 saturated carbocycles. The van der Waals surface area contributed by atoms with Gasteiger partial charge in [-0.3, -0.25) is 14.4 Å². The monoisotopic (exact) mass is 338 g/mol. The van der Waals surface area contributed by atoms with Crippen molar-refractivity contribution in [3.8, 4) is 0 Å². The Labute approximate surface area is 147 Å². The highest BCUT2D eigenvalue weighted by molar-refractivity contribution is 6.36. The van der Waals surface area contributed by atoms with Crippen LogP contribution in [0.3, 0.4) is 0 Å². The van der Waals surface area contributed by atoms with Crippen molar-refractivity contribution in [1.29, 1.82) is 0 Å².